The number of nitrogens with one attached hydrogen (secondary N) is 1. The number of nitrogens with two attached hydrogens (primary N) is 1. The normalized spacial score (nSPS) is 20.9. The Kier molecular flexibility index (Phi) is 5.92. The lowest BCUT2D eigenvalue weighted by molar-refractivity contribution is -0.123. The van der Waals surface area contributed by atoms with Crippen molar-refractivity contribution in [3.63, 3.8) is 0 Å². The lowest BCUT2D eigenvalue weighted by atomic mass is 9.71. The summed E-state index contributed by atoms with van der Waals surface area (Å²) in [6, 6.07) is 0. The average Bonchev–Trinajstić information content (AvgIpc) is 2.29. The monoisotopic (exact) mass is 242 g/mol. The van der Waals surface area contributed by atoms with Crippen LogP contribution in [0.15, 0.2) is 0 Å². The van der Waals surface area contributed by atoms with Crippen molar-refractivity contribution in [3.8, 4) is 0 Å². The van der Waals surface area contributed by atoms with Crippen LogP contribution in [0.3, 0.4) is 0 Å². The summed E-state index contributed by atoms with van der Waals surface area (Å²) in [5.74, 6) is 0.0815. The maximum absolute atomic E-state index is 11.8. The van der Waals surface area contributed by atoms with Gasteiger partial charge in [-0.15, -0.1) is 0 Å². The van der Waals surface area contributed by atoms with Crippen molar-refractivity contribution in [1.29, 1.82) is 0 Å². The molecule has 1 unspecified atom stereocenters. The predicted octanol–water partition coefficient (Wildman–Crippen LogP) is 1.17. The van der Waals surface area contributed by atoms with Crippen molar-refractivity contribution in [2.75, 3.05) is 13.1 Å². The molecule has 0 saturated heterocycles. The standard InChI is InChI=1S/C13H26N2O2/c1-11(16)5-8-15-12(17)9-13(10-14)6-3-2-4-7-13/h11,16H,2-10,14H2,1H3,(H,15,17). The van der Waals surface area contributed by atoms with E-state index in [9.17, 15) is 4.79 Å². The third-order valence-corrected chi connectivity index (χ3v) is 3.77. The fourth-order valence-corrected chi connectivity index (χ4v) is 2.58. The van der Waals surface area contributed by atoms with E-state index in [1.807, 2.05) is 0 Å². The zero-order valence-electron chi connectivity index (χ0n) is 10.9. The van der Waals surface area contributed by atoms with E-state index < -0.39 is 0 Å². The number of hydrogen-bond donors (Lipinski definition) is 3. The number of rotatable bonds is 6. The van der Waals surface area contributed by atoms with Crippen molar-refractivity contribution in [1.82, 2.24) is 5.32 Å². The average molecular weight is 242 g/mol. The van der Waals surface area contributed by atoms with Gasteiger partial charge in [-0.05, 0) is 38.1 Å². The molecule has 0 aromatic heterocycles. The molecule has 1 fully saturated rings. The first-order valence-electron chi connectivity index (χ1n) is 6.73. The molecule has 4 N–H and O–H groups in total. The quantitative estimate of drug-likeness (QED) is 0.654. The minimum Gasteiger partial charge on any atom is -0.393 e. The van der Waals surface area contributed by atoms with Crippen LogP contribution in [0.2, 0.25) is 0 Å². The summed E-state index contributed by atoms with van der Waals surface area (Å²) in [7, 11) is 0. The molecule has 1 atom stereocenters. The minimum atomic E-state index is -0.353. The van der Waals surface area contributed by atoms with E-state index in [1.54, 1.807) is 6.92 Å². The molecule has 100 valence electrons. The third kappa shape index (κ3) is 5.04. The molecule has 0 heterocycles. The third-order valence-electron chi connectivity index (χ3n) is 3.77. The van der Waals surface area contributed by atoms with Crippen molar-refractivity contribution >= 4 is 5.91 Å². The Labute approximate surface area is 104 Å². The van der Waals surface area contributed by atoms with E-state index in [2.05, 4.69) is 5.32 Å². The molecule has 0 spiro atoms. The van der Waals surface area contributed by atoms with Gasteiger partial charge in [0.15, 0.2) is 0 Å². The highest BCUT2D eigenvalue weighted by Crippen LogP contribution is 2.38. The number of amides is 1. The lowest BCUT2D eigenvalue weighted by Gasteiger charge is -2.35. The molecule has 1 amide bonds. The van der Waals surface area contributed by atoms with Crippen molar-refractivity contribution < 1.29 is 9.90 Å². The van der Waals surface area contributed by atoms with E-state index in [4.69, 9.17) is 10.8 Å². The number of aliphatic hydroxyl groups excluding tert-OH is 1. The predicted molar refractivity (Wildman–Crippen MR) is 68.5 cm³/mol. The Morgan fingerprint density at radius 1 is 1.41 bits per heavy atom. The smallest absolute Gasteiger partial charge is 0.220 e. The summed E-state index contributed by atoms with van der Waals surface area (Å²) in [6.07, 6.45) is 6.61. The Morgan fingerprint density at radius 2 is 2.06 bits per heavy atom. The second-order valence-electron chi connectivity index (χ2n) is 5.43. The molecule has 0 aliphatic heterocycles. The van der Waals surface area contributed by atoms with Crippen LogP contribution in [0.25, 0.3) is 0 Å². The summed E-state index contributed by atoms with van der Waals surface area (Å²) in [5, 5.41) is 12.0. The molecule has 0 bridgehead atoms. The summed E-state index contributed by atoms with van der Waals surface area (Å²) in [5.41, 5.74) is 5.88. The summed E-state index contributed by atoms with van der Waals surface area (Å²) < 4.78 is 0. The zero-order valence-corrected chi connectivity index (χ0v) is 10.9. The highest BCUT2D eigenvalue weighted by molar-refractivity contribution is 5.76. The van der Waals surface area contributed by atoms with Gasteiger partial charge >= 0.3 is 0 Å². The minimum absolute atomic E-state index is 0.0349. The van der Waals surface area contributed by atoms with Crippen LogP contribution in [0.1, 0.15) is 51.9 Å². The van der Waals surface area contributed by atoms with Gasteiger partial charge in [-0.25, -0.2) is 0 Å². The van der Waals surface area contributed by atoms with Gasteiger partial charge in [0.1, 0.15) is 0 Å². The second kappa shape index (κ2) is 6.97. The molecule has 4 heteroatoms. The van der Waals surface area contributed by atoms with Gasteiger partial charge in [-0.1, -0.05) is 19.3 Å². The summed E-state index contributed by atoms with van der Waals surface area (Å²) in [6.45, 7) is 2.89. The van der Waals surface area contributed by atoms with E-state index in [-0.39, 0.29) is 17.4 Å². The molecule has 0 radical (unpaired) electrons. The Hall–Kier alpha value is -0.610. The fraction of sp³-hybridized carbons (Fsp3) is 0.923. The Balaban J connectivity index is 2.32. The Morgan fingerprint density at radius 3 is 2.59 bits per heavy atom. The number of carbonyl (C=O) groups is 1. The van der Waals surface area contributed by atoms with Gasteiger partial charge in [0.2, 0.25) is 5.91 Å². The summed E-state index contributed by atoms with van der Waals surface area (Å²) in [4.78, 5) is 11.8. The molecule has 0 aromatic rings. The molecule has 1 aliphatic carbocycles. The molecule has 17 heavy (non-hydrogen) atoms. The van der Waals surface area contributed by atoms with E-state index >= 15 is 0 Å². The molecule has 1 rings (SSSR count). The van der Waals surface area contributed by atoms with Crippen LogP contribution in [0, 0.1) is 5.41 Å². The molecule has 4 nitrogen and oxygen atoms in total. The summed E-state index contributed by atoms with van der Waals surface area (Å²) >= 11 is 0. The van der Waals surface area contributed by atoms with Gasteiger partial charge in [-0.3, -0.25) is 4.79 Å². The largest absolute Gasteiger partial charge is 0.393 e. The van der Waals surface area contributed by atoms with Crippen molar-refractivity contribution in [3.05, 3.63) is 0 Å². The van der Waals surface area contributed by atoms with Gasteiger partial charge in [0.25, 0.3) is 0 Å². The van der Waals surface area contributed by atoms with Crippen LogP contribution in [-0.4, -0.2) is 30.2 Å². The van der Waals surface area contributed by atoms with E-state index in [1.165, 1.54) is 19.3 Å². The first kappa shape index (κ1) is 14.5. The molecule has 1 saturated carbocycles. The van der Waals surface area contributed by atoms with Crippen LogP contribution in [0.4, 0.5) is 0 Å². The number of aliphatic hydroxyl groups is 1. The molecular weight excluding hydrogens is 216 g/mol. The highest BCUT2D eigenvalue weighted by Gasteiger charge is 2.32. The fourth-order valence-electron chi connectivity index (χ4n) is 2.58. The number of carbonyl (C=O) groups excluding carboxylic acids is 1. The maximum atomic E-state index is 11.8. The van der Waals surface area contributed by atoms with Gasteiger partial charge in [0.05, 0.1) is 6.10 Å². The topological polar surface area (TPSA) is 75.3 Å². The van der Waals surface area contributed by atoms with E-state index in [0.29, 0.717) is 25.9 Å². The number of hydrogen-bond acceptors (Lipinski definition) is 3. The second-order valence-corrected chi connectivity index (χ2v) is 5.43. The first-order chi connectivity index (χ1) is 8.08. The van der Waals surface area contributed by atoms with Gasteiger partial charge < -0.3 is 16.2 Å². The van der Waals surface area contributed by atoms with E-state index in [0.717, 1.165) is 12.8 Å². The lowest BCUT2D eigenvalue weighted by Crippen LogP contribution is -2.39. The van der Waals surface area contributed by atoms with Crippen LogP contribution in [-0.2, 0) is 4.79 Å². The van der Waals surface area contributed by atoms with Crippen LogP contribution >= 0.6 is 0 Å². The van der Waals surface area contributed by atoms with Crippen LogP contribution in [0.5, 0.6) is 0 Å². The molecular formula is C13H26N2O2. The van der Waals surface area contributed by atoms with Gasteiger partial charge in [-0.2, -0.15) is 0 Å². The van der Waals surface area contributed by atoms with Crippen LogP contribution < -0.4 is 11.1 Å². The Bertz CT molecular complexity index is 236. The van der Waals surface area contributed by atoms with Gasteiger partial charge in [0, 0.05) is 13.0 Å². The first-order valence-corrected chi connectivity index (χ1v) is 6.73. The SMILES string of the molecule is CC(O)CCNC(=O)CC1(CN)CCCCC1. The molecule has 0 aromatic carbocycles. The highest BCUT2D eigenvalue weighted by atomic mass is 16.3. The maximum Gasteiger partial charge on any atom is 0.220 e. The van der Waals surface area contributed by atoms with Crippen molar-refractivity contribution in [2.45, 2.75) is 58.0 Å². The zero-order chi connectivity index (χ0) is 12.7. The van der Waals surface area contributed by atoms with Crippen molar-refractivity contribution in [2.24, 2.45) is 11.1 Å². The molecule has 1 aliphatic rings.